The molecule has 1 rings (SSSR count). The molecule has 0 aliphatic rings. The molecule has 0 N–H and O–H groups in total. The summed E-state index contributed by atoms with van der Waals surface area (Å²) in [5.74, 6) is 0. The highest BCUT2D eigenvalue weighted by molar-refractivity contribution is 9.11. The fraction of sp³-hybridized carbons (Fsp3) is 0.125. The zero-order valence-corrected chi connectivity index (χ0v) is 10.5. The van der Waals surface area contributed by atoms with Gasteiger partial charge in [-0.15, -0.1) is 0 Å². The van der Waals surface area contributed by atoms with Crippen LogP contribution in [0.1, 0.15) is 0 Å². The van der Waals surface area contributed by atoms with Crippen LogP contribution in [0.5, 0.6) is 0 Å². The third kappa shape index (κ3) is 2.97. The number of allylic oxidation sites excluding steroid dienone is 1. The fourth-order valence-corrected chi connectivity index (χ4v) is 2.25. The molecule has 0 fully saturated rings. The first-order valence-corrected chi connectivity index (χ1v) is 5.36. The minimum Gasteiger partial charge on any atom is -0.308 e. The van der Waals surface area contributed by atoms with Crippen LogP contribution >= 0.6 is 43.5 Å². The van der Waals surface area contributed by atoms with Gasteiger partial charge in [-0.25, -0.2) is 0 Å². The highest BCUT2D eigenvalue weighted by Gasteiger charge is 2.02. The lowest BCUT2D eigenvalue weighted by Crippen LogP contribution is -2.20. The molecule has 0 radical (unpaired) electrons. The van der Waals surface area contributed by atoms with Crippen molar-refractivity contribution in [3.05, 3.63) is 43.2 Å². The maximum absolute atomic E-state index is 11.5. The van der Waals surface area contributed by atoms with E-state index in [2.05, 4.69) is 38.4 Å². The van der Waals surface area contributed by atoms with Crippen LogP contribution in [0.2, 0.25) is 0 Å². The van der Waals surface area contributed by atoms with E-state index in [0.29, 0.717) is 16.0 Å². The third-order valence-electron chi connectivity index (χ3n) is 1.35. The van der Waals surface area contributed by atoms with Crippen LogP contribution in [0.15, 0.2) is 37.6 Å². The van der Waals surface area contributed by atoms with E-state index < -0.39 is 0 Å². The first-order valence-electron chi connectivity index (χ1n) is 3.39. The molecule has 5 heteroatoms. The van der Waals surface area contributed by atoms with E-state index in [9.17, 15) is 4.79 Å². The number of hydrogen-bond donors (Lipinski definition) is 0. The van der Waals surface area contributed by atoms with Crippen molar-refractivity contribution in [1.82, 2.24) is 4.57 Å². The SMILES string of the molecule is C=C(Cl)Cn1cc(Br)cc(Br)c1=O. The van der Waals surface area contributed by atoms with Gasteiger partial charge in [-0.05, 0) is 37.9 Å². The Labute approximate surface area is 97.5 Å². The third-order valence-corrected chi connectivity index (χ3v) is 2.47. The summed E-state index contributed by atoms with van der Waals surface area (Å²) in [5.41, 5.74) is -0.120. The second-order valence-corrected chi connectivity index (χ2v) is 4.76. The quantitative estimate of drug-likeness (QED) is 0.818. The second kappa shape index (κ2) is 4.44. The van der Waals surface area contributed by atoms with Gasteiger partial charge < -0.3 is 4.57 Å². The number of halogens is 3. The van der Waals surface area contributed by atoms with Crippen LogP contribution in [0, 0.1) is 0 Å². The van der Waals surface area contributed by atoms with Crippen molar-refractivity contribution in [3.63, 3.8) is 0 Å². The Hall–Kier alpha value is -0.0600. The van der Waals surface area contributed by atoms with Crippen molar-refractivity contribution in [3.8, 4) is 0 Å². The molecule has 0 unspecified atom stereocenters. The zero-order valence-electron chi connectivity index (χ0n) is 6.56. The molecule has 0 spiro atoms. The summed E-state index contributed by atoms with van der Waals surface area (Å²) < 4.78 is 2.79. The van der Waals surface area contributed by atoms with Crippen LogP contribution in [0.25, 0.3) is 0 Å². The molecule has 0 aromatic carbocycles. The number of aromatic nitrogens is 1. The largest absolute Gasteiger partial charge is 0.308 e. The minimum atomic E-state index is -0.120. The van der Waals surface area contributed by atoms with E-state index in [1.807, 2.05) is 0 Å². The Bertz CT molecular complexity index is 400. The highest BCUT2D eigenvalue weighted by atomic mass is 79.9. The zero-order chi connectivity index (χ0) is 10.0. The van der Waals surface area contributed by atoms with E-state index in [1.54, 1.807) is 12.3 Å². The number of pyridine rings is 1. The van der Waals surface area contributed by atoms with Gasteiger partial charge in [0.05, 0.1) is 11.0 Å². The van der Waals surface area contributed by atoms with E-state index in [-0.39, 0.29) is 5.56 Å². The standard InChI is InChI=1S/C8H6Br2ClNO/c1-5(11)3-12-4-6(9)2-7(10)8(12)13/h2,4H,1,3H2. The maximum Gasteiger partial charge on any atom is 0.265 e. The summed E-state index contributed by atoms with van der Waals surface area (Å²) in [6, 6.07) is 1.69. The number of nitrogens with zero attached hydrogens (tertiary/aromatic N) is 1. The van der Waals surface area contributed by atoms with E-state index in [1.165, 1.54) is 4.57 Å². The summed E-state index contributed by atoms with van der Waals surface area (Å²) in [7, 11) is 0. The van der Waals surface area contributed by atoms with Gasteiger partial charge in [0.25, 0.3) is 5.56 Å². The van der Waals surface area contributed by atoms with Crippen molar-refractivity contribution in [1.29, 1.82) is 0 Å². The molecule has 0 saturated heterocycles. The molecule has 0 bridgehead atoms. The molecule has 70 valence electrons. The molecule has 1 aromatic rings. The topological polar surface area (TPSA) is 22.0 Å². The van der Waals surface area contributed by atoms with Gasteiger partial charge in [0.15, 0.2) is 0 Å². The number of hydrogen-bond acceptors (Lipinski definition) is 1. The molecule has 13 heavy (non-hydrogen) atoms. The molecule has 2 nitrogen and oxygen atoms in total. The van der Waals surface area contributed by atoms with Crippen LogP contribution < -0.4 is 5.56 Å². The molecular weight excluding hydrogens is 321 g/mol. The lowest BCUT2D eigenvalue weighted by molar-refractivity contribution is 0.763. The molecule has 0 saturated carbocycles. The molecular formula is C8H6Br2ClNO. The van der Waals surface area contributed by atoms with Crippen molar-refractivity contribution < 1.29 is 0 Å². The van der Waals surface area contributed by atoms with Crippen molar-refractivity contribution in [2.45, 2.75) is 6.54 Å². The molecule has 0 aliphatic carbocycles. The Morgan fingerprint density at radius 2 is 2.23 bits per heavy atom. The van der Waals surface area contributed by atoms with E-state index in [0.717, 1.165) is 4.47 Å². The smallest absolute Gasteiger partial charge is 0.265 e. The monoisotopic (exact) mass is 325 g/mol. The van der Waals surface area contributed by atoms with Gasteiger partial charge >= 0.3 is 0 Å². The van der Waals surface area contributed by atoms with E-state index >= 15 is 0 Å². The maximum atomic E-state index is 11.5. The average Bonchev–Trinajstić information content (AvgIpc) is 1.98. The van der Waals surface area contributed by atoms with Crippen molar-refractivity contribution in [2.75, 3.05) is 0 Å². The van der Waals surface area contributed by atoms with Crippen LogP contribution in [-0.2, 0) is 6.54 Å². The van der Waals surface area contributed by atoms with Gasteiger partial charge in [-0.1, -0.05) is 18.2 Å². The fourth-order valence-electron chi connectivity index (χ4n) is 0.867. The predicted molar refractivity (Wildman–Crippen MR) is 61.1 cm³/mol. The lowest BCUT2D eigenvalue weighted by atomic mass is 10.4. The average molecular weight is 327 g/mol. The molecule has 0 aliphatic heterocycles. The van der Waals surface area contributed by atoms with Gasteiger partial charge in [-0.2, -0.15) is 0 Å². The normalized spacial score (nSPS) is 10.1. The van der Waals surface area contributed by atoms with E-state index in [4.69, 9.17) is 11.6 Å². The predicted octanol–water partition coefficient (Wildman–Crippen LogP) is 3.13. The van der Waals surface area contributed by atoms with Gasteiger partial charge in [0, 0.05) is 15.7 Å². The first kappa shape index (κ1) is 11.0. The Kier molecular flexibility index (Phi) is 3.76. The Morgan fingerprint density at radius 1 is 1.62 bits per heavy atom. The molecule has 0 amide bonds. The van der Waals surface area contributed by atoms with Crippen molar-refractivity contribution >= 4 is 43.5 Å². The van der Waals surface area contributed by atoms with Crippen molar-refractivity contribution in [2.24, 2.45) is 0 Å². The lowest BCUT2D eigenvalue weighted by Gasteiger charge is -2.04. The summed E-state index contributed by atoms with van der Waals surface area (Å²) in [4.78, 5) is 11.5. The molecule has 1 heterocycles. The second-order valence-electron chi connectivity index (χ2n) is 2.46. The Balaban J connectivity index is 3.21. The number of rotatable bonds is 2. The van der Waals surface area contributed by atoms with Gasteiger partial charge in [-0.3, -0.25) is 4.79 Å². The highest BCUT2D eigenvalue weighted by Crippen LogP contribution is 2.13. The summed E-state index contributed by atoms with van der Waals surface area (Å²) >= 11 is 12.0. The summed E-state index contributed by atoms with van der Waals surface area (Å²) in [6.07, 6.45) is 1.67. The van der Waals surface area contributed by atoms with Crippen LogP contribution in [0.3, 0.4) is 0 Å². The Morgan fingerprint density at radius 3 is 2.77 bits per heavy atom. The van der Waals surface area contributed by atoms with Gasteiger partial charge in [0.2, 0.25) is 0 Å². The molecule has 0 atom stereocenters. The molecule has 1 aromatic heterocycles. The first-order chi connectivity index (χ1) is 6.00. The minimum absolute atomic E-state index is 0.120. The summed E-state index contributed by atoms with van der Waals surface area (Å²) in [5, 5.41) is 0.423. The summed E-state index contributed by atoms with van der Waals surface area (Å²) in [6.45, 7) is 3.84. The van der Waals surface area contributed by atoms with Crippen LogP contribution in [0.4, 0.5) is 0 Å². The van der Waals surface area contributed by atoms with Crippen LogP contribution in [-0.4, -0.2) is 4.57 Å². The van der Waals surface area contributed by atoms with Gasteiger partial charge in [0.1, 0.15) is 0 Å².